The van der Waals surface area contributed by atoms with Gasteiger partial charge in [0.25, 0.3) is 0 Å². The Kier molecular flexibility index (Phi) is 1.55. The Hall–Kier alpha value is -1.38. The molecular weight excluding hydrogens is 138 g/mol. The highest BCUT2D eigenvalue weighted by Crippen LogP contribution is 2.14. The van der Waals surface area contributed by atoms with Gasteiger partial charge in [0, 0.05) is 25.2 Å². The fourth-order valence-corrected chi connectivity index (χ4v) is 1.12. The Bertz CT molecular complexity index is 282. The molecule has 1 aliphatic heterocycles. The van der Waals surface area contributed by atoms with Crippen molar-refractivity contribution in [1.82, 2.24) is 9.97 Å². The van der Waals surface area contributed by atoms with Crippen LogP contribution < -0.4 is 0 Å². The van der Waals surface area contributed by atoms with E-state index in [4.69, 9.17) is 0 Å². The van der Waals surface area contributed by atoms with Gasteiger partial charge < -0.3 is 4.98 Å². The summed E-state index contributed by atoms with van der Waals surface area (Å²) >= 11 is 0. The molecule has 0 spiro atoms. The summed E-state index contributed by atoms with van der Waals surface area (Å²) in [5.74, 6) is 0.969. The molecule has 0 atom stereocenters. The Balaban J connectivity index is 2.29. The highest BCUT2D eigenvalue weighted by Gasteiger charge is 2.04. The summed E-state index contributed by atoms with van der Waals surface area (Å²) in [6, 6.07) is 0. The van der Waals surface area contributed by atoms with Crippen molar-refractivity contribution in [3.8, 4) is 0 Å². The monoisotopic (exact) mass is 147 g/mol. The van der Waals surface area contributed by atoms with Gasteiger partial charge in [-0.3, -0.25) is 4.99 Å². The zero-order valence-corrected chi connectivity index (χ0v) is 6.12. The number of aliphatic imine (C=N–C) groups is 1. The van der Waals surface area contributed by atoms with Crippen LogP contribution in [0.4, 0.5) is 0 Å². The van der Waals surface area contributed by atoms with Gasteiger partial charge in [0.1, 0.15) is 5.82 Å². The van der Waals surface area contributed by atoms with Crippen molar-refractivity contribution in [3.63, 3.8) is 0 Å². The molecule has 3 nitrogen and oxygen atoms in total. The molecule has 1 aromatic rings. The average Bonchev–Trinajstić information content (AvgIpc) is 2.58. The van der Waals surface area contributed by atoms with E-state index in [-0.39, 0.29) is 0 Å². The van der Waals surface area contributed by atoms with E-state index in [1.54, 1.807) is 6.20 Å². The van der Waals surface area contributed by atoms with Crippen molar-refractivity contribution in [1.29, 1.82) is 0 Å². The number of aromatic nitrogens is 2. The van der Waals surface area contributed by atoms with E-state index < -0.39 is 0 Å². The van der Waals surface area contributed by atoms with Gasteiger partial charge in [-0.2, -0.15) is 0 Å². The predicted octanol–water partition coefficient (Wildman–Crippen LogP) is 1.27. The summed E-state index contributed by atoms with van der Waals surface area (Å²) in [5.41, 5.74) is 1.24. The van der Waals surface area contributed by atoms with Crippen LogP contribution >= 0.6 is 0 Å². The van der Waals surface area contributed by atoms with Gasteiger partial charge in [-0.05, 0) is 18.1 Å². The lowest BCUT2D eigenvalue weighted by Gasteiger charge is -2.03. The molecular formula is C8H9N3. The van der Waals surface area contributed by atoms with Crippen LogP contribution in [0.3, 0.4) is 0 Å². The minimum Gasteiger partial charge on any atom is -0.345 e. The molecule has 3 heteroatoms. The molecule has 0 aliphatic carbocycles. The maximum atomic E-state index is 4.15. The number of hydrogen-bond acceptors (Lipinski definition) is 2. The molecule has 2 rings (SSSR count). The fourth-order valence-electron chi connectivity index (χ4n) is 1.12. The molecule has 1 aromatic heterocycles. The third-order valence-corrected chi connectivity index (χ3v) is 1.69. The van der Waals surface area contributed by atoms with Gasteiger partial charge in [-0.25, -0.2) is 4.98 Å². The third-order valence-electron chi connectivity index (χ3n) is 1.69. The van der Waals surface area contributed by atoms with Crippen LogP contribution in [0.15, 0.2) is 23.5 Å². The molecule has 2 heterocycles. The second-order valence-electron chi connectivity index (χ2n) is 2.43. The van der Waals surface area contributed by atoms with E-state index in [1.165, 1.54) is 5.57 Å². The molecule has 56 valence electrons. The molecule has 0 radical (unpaired) electrons. The molecule has 0 saturated heterocycles. The number of imidazole rings is 1. The molecule has 1 N–H and O–H groups in total. The van der Waals surface area contributed by atoms with Gasteiger partial charge in [0.15, 0.2) is 0 Å². The van der Waals surface area contributed by atoms with Crippen molar-refractivity contribution >= 4 is 11.8 Å². The maximum Gasteiger partial charge on any atom is 0.133 e. The van der Waals surface area contributed by atoms with Crippen LogP contribution in [-0.2, 0) is 0 Å². The van der Waals surface area contributed by atoms with Gasteiger partial charge >= 0.3 is 0 Å². The highest BCUT2D eigenvalue weighted by molar-refractivity contribution is 5.84. The van der Waals surface area contributed by atoms with Crippen LogP contribution in [0.1, 0.15) is 12.2 Å². The van der Waals surface area contributed by atoms with E-state index in [9.17, 15) is 0 Å². The normalized spacial score (nSPS) is 16.5. The van der Waals surface area contributed by atoms with Crippen molar-refractivity contribution < 1.29 is 0 Å². The number of rotatable bonds is 1. The van der Waals surface area contributed by atoms with Crippen molar-refractivity contribution in [3.05, 3.63) is 24.3 Å². The summed E-state index contributed by atoms with van der Waals surface area (Å²) in [5, 5.41) is 0. The lowest BCUT2D eigenvalue weighted by atomic mass is 10.1. The smallest absolute Gasteiger partial charge is 0.133 e. The molecule has 0 unspecified atom stereocenters. The lowest BCUT2D eigenvalue weighted by molar-refractivity contribution is 0.998. The van der Waals surface area contributed by atoms with E-state index in [0.29, 0.717) is 0 Å². The third kappa shape index (κ3) is 1.22. The van der Waals surface area contributed by atoms with Crippen molar-refractivity contribution in [2.45, 2.75) is 6.42 Å². The van der Waals surface area contributed by atoms with E-state index in [1.807, 2.05) is 18.5 Å². The van der Waals surface area contributed by atoms with Gasteiger partial charge in [-0.1, -0.05) is 0 Å². The SMILES string of the molecule is C1=NCCC(c2ncc[nH]2)=C1. The molecule has 0 amide bonds. The van der Waals surface area contributed by atoms with E-state index in [0.717, 1.165) is 18.8 Å². The Morgan fingerprint density at radius 1 is 1.45 bits per heavy atom. The highest BCUT2D eigenvalue weighted by atomic mass is 14.9. The van der Waals surface area contributed by atoms with Crippen LogP contribution in [0, 0.1) is 0 Å². The largest absolute Gasteiger partial charge is 0.345 e. The zero-order valence-electron chi connectivity index (χ0n) is 6.12. The van der Waals surface area contributed by atoms with Gasteiger partial charge in [-0.15, -0.1) is 0 Å². The number of allylic oxidation sites excluding steroid dienone is 1. The summed E-state index contributed by atoms with van der Waals surface area (Å²) in [6.07, 6.45) is 8.43. The number of aromatic amines is 1. The quantitative estimate of drug-likeness (QED) is 0.638. The van der Waals surface area contributed by atoms with Gasteiger partial charge in [0.05, 0.1) is 0 Å². The second-order valence-corrected chi connectivity index (χ2v) is 2.43. The predicted molar refractivity (Wildman–Crippen MR) is 44.5 cm³/mol. The second kappa shape index (κ2) is 2.70. The number of H-pyrrole nitrogens is 1. The van der Waals surface area contributed by atoms with Crippen LogP contribution in [0.5, 0.6) is 0 Å². The Labute approximate surface area is 64.9 Å². The molecule has 11 heavy (non-hydrogen) atoms. The number of dihydropyridines is 1. The summed E-state index contributed by atoms with van der Waals surface area (Å²) in [4.78, 5) is 11.3. The van der Waals surface area contributed by atoms with Crippen LogP contribution in [0.2, 0.25) is 0 Å². The summed E-state index contributed by atoms with van der Waals surface area (Å²) < 4.78 is 0. The maximum absolute atomic E-state index is 4.15. The Morgan fingerprint density at radius 2 is 2.45 bits per heavy atom. The van der Waals surface area contributed by atoms with Crippen LogP contribution in [0.25, 0.3) is 5.57 Å². The number of nitrogens with one attached hydrogen (secondary N) is 1. The Morgan fingerprint density at radius 3 is 3.09 bits per heavy atom. The van der Waals surface area contributed by atoms with Crippen LogP contribution in [-0.4, -0.2) is 22.7 Å². The van der Waals surface area contributed by atoms with Crippen molar-refractivity contribution in [2.75, 3.05) is 6.54 Å². The number of hydrogen-bond donors (Lipinski definition) is 1. The van der Waals surface area contributed by atoms with Gasteiger partial charge in [0.2, 0.25) is 0 Å². The molecule has 0 aromatic carbocycles. The molecule has 0 saturated carbocycles. The zero-order chi connectivity index (χ0) is 7.52. The summed E-state index contributed by atoms with van der Waals surface area (Å²) in [6.45, 7) is 0.881. The molecule has 0 fully saturated rings. The molecule has 1 aliphatic rings. The van der Waals surface area contributed by atoms with Crippen molar-refractivity contribution in [2.24, 2.45) is 4.99 Å². The fraction of sp³-hybridized carbons (Fsp3) is 0.250. The lowest BCUT2D eigenvalue weighted by Crippen LogP contribution is -1.95. The first-order valence-electron chi connectivity index (χ1n) is 3.65. The van der Waals surface area contributed by atoms with E-state index >= 15 is 0 Å². The topological polar surface area (TPSA) is 41.0 Å². The van der Waals surface area contributed by atoms with E-state index in [2.05, 4.69) is 15.0 Å². The first-order chi connectivity index (χ1) is 5.47. The number of nitrogens with zero attached hydrogens (tertiary/aromatic N) is 2. The molecule has 0 bridgehead atoms. The first-order valence-corrected chi connectivity index (χ1v) is 3.65. The minimum absolute atomic E-state index is 0.881. The minimum atomic E-state index is 0.881. The summed E-state index contributed by atoms with van der Waals surface area (Å²) in [7, 11) is 0. The standard InChI is InChI=1S/C8H9N3/c1-3-9-4-2-7(1)8-10-5-6-11-8/h1,3,5-6H,2,4H2,(H,10,11). The first kappa shape index (κ1) is 6.34. The average molecular weight is 147 g/mol.